The van der Waals surface area contributed by atoms with Crippen molar-refractivity contribution >= 4 is 17.9 Å². The maximum atomic E-state index is 13.9. The Morgan fingerprint density at radius 3 is 2.23 bits per heavy atom. The molecule has 0 radical (unpaired) electrons. The summed E-state index contributed by atoms with van der Waals surface area (Å²) < 4.78 is 5.40. The summed E-state index contributed by atoms with van der Waals surface area (Å²) in [5.74, 6) is -0.432. The van der Waals surface area contributed by atoms with E-state index in [0.29, 0.717) is 24.1 Å². The zero-order valence-corrected chi connectivity index (χ0v) is 22.9. The number of nitrogens with zero attached hydrogens (tertiary/aromatic N) is 1. The number of aryl methyl sites for hydroxylation is 1. The number of phenols is 1. The van der Waals surface area contributed by atoms with Crippen molar-refractivity contribution in [2.24, 2.45) is 5.92 Å². The molecule has 0 aliphatic rings. The lowest BCUT2D eigenvalue weighted by Crippen LogP contribution is -2.55. The number of rotatable bonds is 11. The maximum Gasteiger partial charge on any atom is 0.408 e. The Morgan fingerprint density at radius 1 is 1.11 bits per heavy atom. The van der Waals surface area contributed by atoms with Gasteiger partial charge in [0, 0.05) is 12.6 Å². The predicted molar refractivity (Wildman–Crippen MR) is 138 cm³/mol. The number of hydrogen-bond acceptors (Lipinski definition) is 5. The fraction of sp³-hybridized carbons (Fsp3) is 0.667. The van der Waals surface area contributed by atoms with Gasteiger partial charge in [-0.05, 0) is 83.6 Å². The van der Waals surface area contributed by atoms with Crippen molar-refractivity contribution in [3.8, 4) is 5.75 Å². The van der Waals surface area contributed by atoms with Gasteiger partial charge < -0.3 is 25.4 Å². The van der Waals surface area contributed by atoms with E-state index in [2.05, 4.69) is 10.6 Å². The summed E-state index contributed by atoms with van der Waals surface area (Å²) in [6, 6.07) is 2.79. The molecule has 35 heavy (non-hydrogen) atoms. The van der Waals surface area contributed by atoms with E-state index < -0.39 is 23.8 Å². The number of alkyl carbamates (subject to hydrolysis) is 1. The van der Waals surface area contributed by atoms with Crippen LogP contribution < -0.4 is 10.6 Å². The standard InChI is InChI=1S/C27H45N3O5/c1-10-11-14-28-24(32)23(20-12-13-22(31)19(6)16-20)30(18(4)5)25(33)21(15-17(2)3)29-26(34)35-27(7,8)9/h12-13,16-18,21,23,31H,10-11,14-15H2,1-9H3,(H,28,32)(H,29,34). The Morgan fingerprint density at radius 2 is 1.74 bits per heavy atom. The lowest BCUT2D eigenvalue weighted by atomic mass is 9.97. The van der Waals surface area contributed by atoms with Gasteiger partial charge in [0.25, 0.3) is 0 Å². The average Bonchev–Trinajstić information content (AvgIpc) is 2.71. The van der Waals surface area contributed by atoms with E-state index in [1.807, 2.05) is 34.6 Å². The number of hydrogen-bond donors (Lipinski definition) is 3. The molecule has 0 saturated heterocycles. The number of unbranched alkanes of at least 4 members (excludes halogenated alkanes) is 1. The van der Waals surface area contributed by atoms with Gasteiger partial charge in [-0.25, -0.2) is 4.79 Å². The van der Waals surface area contributed by atoms with E-state index >= 15 is 0 Å². The third-order valence-corrected chi connectivity index (χ3v) is 5.40. The van der Waals surface area contributed by atoms with Crippen molar-refractivity contribution in [3.05, 3.63) is 29.3 Å². The fourth-order valence-electron chi connectivity index (χ4n) is 3.77. The highest BCUT2D eigenvalue weighted by atomic mass is 16.6. The first kappa shape index (κ1) is 30.3. The van der Waals surface area contributed by atoms with Crippen LogP contribution in [-0.2, 0) is 14.3 Å². The lowest BCUT2D eigenvalue weighted by molar-refractivity contribution is -0.144. The van der Waals surface area contributed by atoms with Crippen LogP contribution in [0.4, 0.5) is 4.79 Å². The highest BCUT2D eigenvalue weighted by Gasteiger charge is 2.38. The van der Waals surface area contributed by atoms with Gasteiger partial charge in [-0.3, -0.25) is 9.59 Å². The molecule has 1 aromatic carbocycles. The van der Waals surface area contributed by atoms with Crippen molar-refractivity contribution in [2.45, 2.75) is 105 Å². The number of aromatic hydroxyl groups is 1. The molecule has 1 rings (SSSR count). The second-order valence-electron chi connectivity index (χ2n) is 10.8. The molecule has 0 aliphatic heterocycles. The Labute approximate surface area is 210 Å². The third kappa shape index (κ3) is 9.78. The quantitative estimate of drug-likeness (QED) is 0.384. The molecule has 2 unspecified atom stereocenters. The molecule has 0 heterocycles. The zero-order chi connectivity index (χ0) is 26.9. The molecule has 1 aromatic rings. The molecule has 3 amide bonds. The van der Waals surface area contributed by atoms with Gasteiger partial charge in [0.05, 0.1) is 0 Å². The number of benzene rings is 1. The number of ether oxygens (including phenoxy) is 1. The molecule has 8 heteroatoms. The Balaban J connectivity index is 3.45. The third-order valence-electron chi connectivity index (χ3n) is 5.40. The van der Waals surface area contributed by atoms with Gasteiger partial charge in [-0.2, -0.15) is 0 Å². The summed E-state index contributed by atoms with van der Waals surface area (Å²) in [6.45, 7) is 17.2. The molecule has 0 bridgehead atoms. The van der Waals surface area contributed by atoms with Gasteiger partial charge in [0.1, 0.15) is 23.4 Å². The van der Waals surface area contributed by atoms with Crippen molar-refractivity contribution < 1.29 is 24.2 Å². The molecule has 0 aromatic heterocycles. The first-order valence-corrected chi connectivity index (χ1v) is 12.6. The van der Waals surface area contributed by atoms with Gasteiger partial charge in [0.15, 0.2) is 0 Å². The molecule has 3 N–H and O–H groups in total. The number of nitrogens with one attached hydrogen (secondary N) is 2. The molecule has 8 nitrogen and oxygen atoms in total. The summed E-state index contributed by atoms with van der Waals surface area (Å²) >= 11 is 0. The number of carbonyl (C=O) groups is 3. The number of phenolic OH excluding ortho intramolecular Hbond substituents is 1. The zero-order valence-electron chi connectivity index (χ0n) is 22.9. The SMILES string of the molecule is CCCCNC(=O)C(c1ccc(O)c(C)c1)N(C(=O)C(CC(C)C)NC(=O)OC(C)(C)C)C(C)C. The van der Waals surface area contributed by atoms with Crippen LogP contribution in [0.15, 0.2) is 18.2 Å². The smallest absolute Gasteiger partial charge is 0.408 e. The summed E-state index contributed by atoms with van der Waals surface area (Å²) in [6.07, 6.45) is 1.45. The van der Waals surface area contributed by atoms with E-state index in [4.69, 9.17) is 4.74 Å². The second-order valence-corrected chi connectivity index (χ2v) is 10.8. The largest absolute Gasteiger partial charge is 0.508 e. The minimum Gasteiger partial charge on any atom is -0.508 e. The molecular weight excluding hydrogens is 446 g/mol. The van der Waals surface area contributed by atoms with Crippen molar-refractivity contribution in [1.29, 1.82) is 0 Å². The van der Waals surface area contributed by atoms with Gasteiger partial charge in [0.2, 0.25) is 11.8 Å². The molecule has 0 fully saturated rings. The van der Waals surface area contributed by atoms with Crippen LogP contribution >= 0.6 is 0 Å². The fourth-order valence-corrected chi connectivity index (χ4v) is 3.77. The van der Waals surface area contributed by atoms with E-state index in [0.717, 1.165) is 12.8 Å². The maximum absolute atomic E-state index is 13.9. The van der Waals surface area contributed by atoms with E-state index in [1.165, 1.54) is 11.0 Å². The Hall–Kier alpha value is -2.77. The van der Waals surface area contributed by atoms with Crippen LogP contribution in [0.25, 0.3) is 0 Å². The number of amides is 3. The van der Waals surface area contributed by atoms with Crippen molar-refractivity contribution in [3.63, 3.8) is 0 Å². The second kappa shape index (κ2) is 13.4. The van der Waals surface area contributed by atoms with E-state index in [9.17, 15) is 19.5 Å². The normalized spacial score (nSPS) is 13.3. The van der Waals surface area contributed by atoms with Crippen LogP contribution in [0.5, 0.6) is 5.75 Å². The number of carbonyl (C=O) groups excluding carboxylic acids is 3. The topological polar surface area (TPSA) is 108 Å². The molecule has 198 valence electrons. The minimum atomic E-state index is -0.922. The van der Waals surface area contributed by atoms with Gasteiger partial charge >= 0.3 is 6.09 Å². The van der Waals surface area contributed by atoms with E-state index in [-0.39, 0.29) is 29.5 Å². The lowest BCUT2D eigenvalue weighted by Gasteiger charge is -2.37. The van der Waals surface area contributed by atoms with Crippen LogP contribution in [0.3, 0.4) is 0 Å². The Bertz CT molecular complexity index is 861. The highest BCUT2D eigenvalue weighted by molar-refractivity contribution is 5.92. The average molecular weight is 492 g/mol. The van der Waals surface area contributed by atoms with Crippen LogP contribution in [0.1, 0.15) is 91.8 Å². The van der Waals surface area contributed by atoms with Gasteiger partial charge in [-0.1, -0.05) is 33.3 Å². The Kier molecular flexibility index (Phi) is 11.5. The molecule has 0 saturated carbocycles. The van der Waals surface area contributed by atoms with Crippen molar-refractivity contribution in [1.82, 2.24) is 15.5 Å². The first-order chi connectivity index (χ1) is 16.2. The van der Waals surface area contributed by atoms with Crippen LogP contribution in [-0.4, -0.2) is 52.1 Å². The first-order valence-electron chi connectivity index (χ1n) is 12.6. The molecule has 0 aliphatic carbocycles. The molecular formula is C27H45N3O5. The summed E-state index contributed by atoms with van der Waals surface area (Å²) in [7, 11) is 0. The van der Waals surface area contributed by atoms with Gasteiger partial charge in [-0.15, -0.1) is 0 Å². The van der Waals surface area contributed by atoms with Crippen LogP contribution in [0, 0.1) is 12.8 Å². The monoisotopic (exact) mass is 491 g/mol. The molecule has 2 atom stereocenters. The minimum absolute atomic E-state index is 0.112. The predicted octanol–water partition coefficient (Wildman–Crippen LogP) is 4.83. The van der Waals surface area contributed by atoms with Crippen LogP contribution in [0.2, 0.25) is 0 Å². The summed E-state index contributed by atoms with van der Waals surface area (Å²) in [5.41, 5.74) is 0.492. The molecule has 0 spiro atoms. The summed E-state index contributed by atoms with van der Waals surface area (Å²) in [5, 5.41) is 15.7. The van der Waals surface area contributed by atoms with Crippen molar-refractivity contribution in [2.75, 3.05) is 6.54 Å². The van der Waals surface area contributed by atoms with E-state index in [1.54, 1.807) is 39.8 Å². The summed E-state index contributed by atoms with van der Waals surface area (Å²) in [4.78, 5) is 41.5. The highest BCUT2D eigenvalue weighted by Crippen LogP contribution is 2.29.